The van der Waals surface area contributed by atoms with Crippen molar-refractivity contribution in [1.29, 1.82) is 0 Å². The Hall–Kier alpha value is -2.07. The molecule has 0 saturated carbocycles. The molecule has 0 atom stereocenters. The second-order valence-electron chi connectivity index (χ2n) is 4.08. The zero-order valence-electron chi connectivity index (χ0n) is 11.0. The molecule has 0 aromatic heterocycles. The lowest BCUT2D eigenvalue weighted by molar-refractivity contribution is -0.111. The third kappa shape index (κ3) is 3.96. The smallest absolute Gasteiger partial charge is 0.248 e. The average Bonchev–Trinajstić information content (AvgIpc) is 2.46. The van der Waals surface area contributed by atoms with Gasteiger partial charge in [-0.2, -0.15) is 0 Å². The molecule has 0 aliphatic heterocycles. The van der Waals surface area contributed by atoms with E-state index in [0.29, 0.717) is 5.69 Å². The van der Waals surface area contributed by atoms with Crippen LogP contribution in [0.2, 0.25) is 0 Å². The summed E-state index contributed by atoms with van der Waals surface area (Å²) in [4.78, 5) is 11.8. The van der Waals surface area contributed by atoms with Gasteiger partial charge in [-0.15, -0.1) is 0 Å². The van der Waals surface area contributed by atoms with Crippen LogP contribution in [0, 0.1) is 0 Å². The quantitative estimate of drug-likeness (QED) is 0.856. The molecular weight excluding hydrogens is 318 g/mol. The highest BCUT2D eigenvalue weighted by Crippen LogP contribution is 2.27. The fourth-order valence-electron chi connectivity index (χ4n) is 1.66. The minimum absolute atomic E-state index is 0.175. The summed E-state index contributed by atoms with van der Waals surface area (Å²) in [5.74, 6) is 0.550. The van der Waals surface area contributed by atoms with Gasteiger partial charge in [0.1, 0.15) is 5.75 Å². The maximum Gasteiger partial charge on any atom is 0.248 e. The minimum Gasteiger partial charge on any atom is -0.496 e. The number of benzene rings is 2. The molecule has 3 nitrogen and oxygen atoms in total. The van der Waals surface area contributed by atoms with Gasteiger partial charge < -0.3 is 10.1 Å². The molecule has 0 spiro atoms. The van der Waals surface area contributed by atoms with Crippen LogP contribution in [0.1, 0.15) is 5.56 Å². The predicted molar refractivity (Wildman–Crippen MR) is 84.8 cm³/mol. The standard InChI is InChI=1S/C16H14BrNO2/c1-20-15-9-8-13(11-14(15)17)18-16(19)10-7-12-5-3-2-4-6-12/h2-11H,1H3,(H,18,19). The van der Waals surface area contributed by atoms with Crippen molar-refractivity contribution in [2.45, 2.75) is 0 Å². The Morgan fingerprint density at radius 2 is 1.95 bits per heavy atom. The second kappa shape index (κ2) is 6.91. The fraction of sp³-hybridized carbons (Fsp3) is 0.0625. The van der Waals surface area contributed by atoms with E-state index in [1.54, 1.807) is 31.4 Å². The Morgan fingerprint density at radius 3 is 2.60 bits per heavy atom. The van der Waals surface area contributed by atoms with E-state index in [0.717, 1.165) is 15.8 Å². The summed E-state index contributed by atoms with van der Waals surface area (Å²) in [5, 5.41) is 2.79. The molecule has 0 aliphatic carbocycles. The van der Waals surface area contributed by atoms with Crippen LogP contribution in [0.4, 0.5) is 5.69 Å². The maximum atomic E-state index is 11.8. The van der Waals surface area contributed by atoms with E-state index >= 15 is 0 Å². The summed E-state index contributed by atoms with van der Waals surface area (Å²) in [5.41, 5.74) is 1.69. The molecule has 0 radical (unpaired) electrons. The van der Waals surface area contributed by atoms with E-state index < -0.39 is 0 Å². The van der Waals surface area contributed by atoms with Gasteiger partial charge in [0.25, 0.3) is 0 Å². The maximum absolute atomic E-state index is 11.8. The molecule has 0 aliphatic rings. The van der Waals surface area contributed by atoms with Gasteiger partial charge in [0, 0.05) is 11.8 Å². The van der Waals surface area contributed by atoms with Crippen LogP contribution in [-0.4, -0.2) is 13.0 Å². The minimum atomic E-state index is -0.175. The number of hydrogen-bond acceptors (Lipinski definition) is 2. The highest BCUT2D eigenvalue weighted by atomic mass is 79.9. The van der Waals surface area contributed by atoms with Gasteiger partial charge >= 0.3 is 0 Å². The molecule has 2 aromatic carbocycles. The van der Waals surface area contributed by atoms with E-state index in [9.17, 15) is 4.79 Å². The van der Waals surface area contributed by atoms with Crippen molar-refractivity contribution in [2.24, 2.45) is 0 Å². The third-order valence-electron chi connectivity index (χ3n) is 2.65. The van der Waals surface area contributed by atoms with Gasteiger partial charge in [-0.1, -0.05) is 30.3 Å². The fourth-order valence-corrected chi connectivity index (χ4v) is 2.20. The molecule has 0 heterocycles. The summed E-state index contributed by atoms with van der Waals surface area (Å²) in [7, 11) is 1.60. The average molecular weight is 332 g/mol. The molecule has 2 aromatic rings. The van der Waals surface area contributed by atoms with E-state index in [1.165, 1.54) is 6.08 Å². The topological polar surface area (TPSA) is 38.3 Å². The highest BCUT2D eigenvalue weighted by molar-refractivity contribution is 9.10. The molecule has 1 N–H and O–H groups in total. The van der Waals surface area contributed by atoms with Crippen LogP contribution in [-0.2, 0) is 4.79 Å². The molecule has 1 amide bonds. The van der Waals surface area contributed by atoms with Gasteiger partial charge in [-0.3, -0.25) is 4.79 Å². The number of anilines is 1. The molecule has 0 saturated heterocycles. The first kappa shape index (κ1) is 14.3. The molecule has 4 heteroatoms. The summed E-state index contributed by atoms with van der Waals surface area (Å²) in [6.07, 6.45) is 3.28. The first-order valence-corrected chi connectivity index (χ1v) is 6.86. The number of methoxy groups -OCH3 is 1. The number of amides is 1. The lowest BCUT2D eigenvalue weighted by Gasteiger charge is -2.06. The highest BCUT2D eigenvalue weighted by Gasteiger charge is 2.03. The Kier molecular flexibility index (Phi) is 4.96. The van der Waals surface area contributed by atoms with Gasteiger partial charge in [0.15, 0.2) is 0 Å². The van der Waals surface area contributed by atoms with Crippen molar-refractivity contribution in [1.82, 2.24) is 0 Å². The summed E-state index contributed by atoms with van der Waals surface area (Å²) in [6.45, 7) is 0. The first-order chi connectivity index (χ1) is 9.69. The number of hydrogen-bond donors (Lipinski definition) is 1. The normalized spacial score (nSPS) is 10.5. The molecule has 102 valence electrons. The molecule has 2 rings (SSSR count). The number of ether oxygens (including phenoxy) is 1. The van der Waals surface area contributed by atoms with Crippen LogP contribution in [0.5, 0.6) is 5.75 Å². The van der Waals surface area contributed by atoms with Crippen LogP contribution in [0.25, 0.3) is 6.08 Å². The SMILES string of the molecule is COc1ccc(NC(=O)C=Cc2ccccc2)cc1Br. The van der Waals surface area contributed by atoms with Crippen LogP contribution < -0.4 is 10.1 Å². The summed E-state index contributed by atoms with van der Waals surface area (Å²) >= 11 is 3.38. The van der Waals surface area contributed by atoms with Crippen molar-refractivity contribution in [3.63, 3.8) is 0 Å². The Labute approximate surface area is 126 Å². The molecule has 0 fully saturated rings. The molecule has 0 bridgehead atoms. The zero-order chi connectivity index (χ0) is 14.4. The second-order valence-corrected chi connectivity index (χ2v) is 4.94. The van der Waals surface area contributed by atoms with Gasteiger partial charge in [-0.05, 0) is 45.8 Å². The number of carbonyl (C=O) groups excluding carboxylic acids is 1. The first-order valence-electron chi connectivity index (χ1n) is 6.06. The predicted octanol–water partition coefficient (Wildman–Crippen LogP) is 4.11. The van der Waals surface area contributed by atoms with Crippen molar-refractivity contribution >= 4 is 33.6 Å². The summed E-state index contributed by atoms with van der Waals surface area (Å²) in [6, 6.07) is 15.1. The lowest BCUT2D eigenvalue weighted by Crippen LogP contribution is -2.07. The van der Waals surface area contributed by atoms with Crippen LogP contribution in [0.15, 0.2) is 59.1 Å². The van der Waals surface area contributed by atoms with Gasteiger partial charge in [-0.25, -0.2) is 0 Å². The number of rotatable bonds is 4. The number of nitrogens with one attached hydrogen (secondary N) is 1. The van der Waals surface area contributed by atoms with Crippen molar-refractivity contribution in [3.8, 4) is 5.75 Å². The van der Waals surface area contributed by atoms with Crippen molar-refractivity contribution < 1.29 is 9.53 Å². The molecule has 0 unspecified atom stereocenters. The van der Waals surface area contributed by atoms with Gasteiger partial charge in [0.05, 0.1) is 11.6 Å². The van der Waals surface area contributed by atoms with Gasteiger partial charge in [0.2, 0.25) is 5.91 Å². The Bertz CT molecular complexity index is 624. The van der Waals surface area contributed by atoms with Crippen molar-refractivity contribution in [3.05, 3.63) is 64.6 Å². The van der Waals surface area contributed by atoms with E-state index in [1.807, 2.05) is 30.3 Å². The largest absolute Gasteiger partial charge is 0.496 e. The van der Waals surface area contributed by atoms with E-state index in [2.05, 4.69) is 21.2 Å². The Balaban J connectivity index is 2.01. The van der Waals surface area contributed by atoms with Crippen LogP contribution in [0.3, 0.4) is 0 Å². The zero-order valence-corrected chi connectivity index (χ0v) is 12.6. The molecule has 20 heavy (non-hydrogen) atoms. The van der Waals surface area contributed by atoms with Crippen molar-refractivity contribution in [2.75, 3.05) is 12.4 Å². The van der Waals surface area contributed by atoms with E-state index in [4.69, 9.17) is 4.74 Å². The number of halogens is 1. The third-order valence-corrected chi connectivity index (χ3v) is 3.27. The van der Waals surface area contributed by atoms with E-state index in [-0.39, 0.29) is 5.91 Å². The number of carbonyl (C=O) groups is 1. The lowest BCUT2D eigenvalue weighted by atomic mass is 10.2. The van der Waals surface area contributed by atoms with Crippen LogP contribution >= 0.6 is 15.9 Å². The monoisotopic (exact) mass is 331 g/mol. The Morgan fingerprint density at radius 1 is 1.20 bits per heavy atom. The molecular formula is C16H14BrNO2. The summed E-state index contributed by atoms with van der Waals surface area (Å²) < 4.78 is 5.93.